The second-order valence-electron chi connectivity index (χ2n) is 20.4. The second-order valence-corrected chi connectivity index (χ2v) is 20.4. The molecule has 0 aliphatic heterocycles. The standard InChI is InChI=1S/C62H66BNO4/c1-11-13-22-42(37-38-61(9,45-23-16-14-17-24-45)46-25-18-15-19-26-46)43-30-34-47(35-31-43)64(54-55(65)53(63)56(66)58(68)57(54)67)48-33-29-41(3)44(39-48)32-36-52-49(12-2)60(7,8)40-62(52,10)51-28-21-20-27-50(51)59(4,5)6/h11-36,39,65-68H,2,37-38,40H2,1,3-10H3/b13-11-,36-32+,42-22+. The van der Waals surface area contributed by atoms with Crippen LogP contribution in [0.1, 0.15) is 114 Å². The van der Waals surface area contributed by atoms with Crippen LogP contribution in [0.5, 0.6) is 23.0 Å². The number of aryl methyl sites for hydroxylation is 1. The predicted octanol–water partition coefficient (Wildman–Crippen LogP) is 15.0. The highest BCUT2D eigenvalue weighted by atomic mass is 16.3. The molecule has 346 valence electrons. The van der Waals surface area contributed by atoms with Crippen LogP contribution in [0.3, 0.4) is 0 Å². The lowest BCUT2D eigenvalue weighted by atomic mass is 9.68. The Bertz CT molecular complexity index is 2870. The number of phenolic OH excluding ortho intramolecular Hbond substituents is 4. The molecule has 6 aromatic carbocycles. The van der Waals surface area contributed by atoms with Crippen molar-refractivity contribution in [1.29, 1.82) is 0 Å². The van der Waals surface area contributed by atoms with Gasteiger partial charge in [-0.2, -0.15) is 0 Å². The van der Waals surface area contributed by atoms with Crippen molar-refractivity contribution >= 4 is 42.0 Å². The van der Waals surface area contributed by atoms with Crippen LogP contribution < -0.4 is 10.4 Å². The van der Waals surface area contributed by atoms with Crippen molar-refractivity contribution < 1.29 is 20.4 Å². The minimum atomic E-state index is -0.830. The Morgan fingerprint density at radius 1 is 0.706 bits per heavy atom. The number of benzene rings is 6. The van der Waals surface area contributed by atoms with Gasteiger partial charge in [0.1, 0.15) is 19.3 Å². The Hall–Kier alpha value is -6.92. The molecule has 6 heteroatoms. The molecule has 0 spiro atoms. The van der Waals surface area contributed by atoms with Crippen molar-refractivity contribution in [2.75, 3.05) is 4.90 Å². The molecular weight excluding hydrogens is 833 g/mol. The molecule has 1 aliphatic carbocycles. The maximum atomic E-state index is 11.6. The van der Waals surface area contributed by atoms with Gasteiger partial charge in [0.15, 0.2) is 11.5 Å². The van der Waals surface area contributed by atoms with Crippen LogP contribution in [0.4, 0.5) is 17.1 Å². The molecule has 1 aliphatic rings. The Kier molecular flexibility index (Phi) is 14.0. The normalized spacial score (nSPS) is 16.5. The SMILES string of the molecule is [B]c1c(O)c(O)c(O)c(N(c2ccc(/C(=C/C=C\C)CCC(C)(c3ccccc3)c3ccccc3)cc2)c2ccc(C)c(/C=C/C3=C(C=C)C(C)(C)CC3(C)c3ccccc3C(C)(C)C)c2)c1O. The summed E-state index contributed by atoms with van der Waals surface area (Å²) in [6.07, 6.45) is 15.1. The van der Waals surface area contributed by atoms with Gasteiger partial charge in [0, 0.05) is 22.2 Å². The molecule has 6 aromatic rings. The Balaban J connectivity index is 1.33. The largest absolute Gasteiger partial charge is 0.506 e. The summed E-state index contributed by atoms with van der Waals surface area (Å²) in [5, 5.41) is 44.8. The van der Waals surface area contributed by atoms with Gasteiger partial charge in [-0.05, 0) is 129 Å². The first-order chi connectivity index (χ1) is 32.3. The van der Waals surface area contributed by atoms with E-state index < -0.39 is 28.5 Å². The van der Waals surface area contributed by atoms with E-state index in [0.717, 1.165) is 41.5 Å². The smallest absolute Gasteiger partial charge is 0.202 e. The first kappa shape index (κ1) is 49.0. The van der Waals surface area contributed by atoms with Gasteiger partial charge in [0.25, 0.3) is 0 Å². The summed E-state index contributed by atoms with van der Waals surface area (Å²) in [4.78, 5) is 1.66. The Morgan fingerprint density at radius 2 is 1.29 bits per heavy atom. The molecule has 4 N–H and O–H groups in total. The van der Waals surface area contributed by atoms with Gasteiger partial charge >= 0.3 is 0 Å². The minimum Gasteiger partial charge on any atom is -0.506 e. The third kappa shape index (κ3) is 9.34. The van der Waals surface area contributed by atoms with Crippen LogP contribution >= 0.6 is 0 Å². The highest BCUT2D eigenvalue weighted by Crippen LogP contribution is 2.57. The van der Waals surface area contributed by atoms with Crippen LogP contribution in [-0.2, 0) is 16.2 Å². The fraction of sp³-hybridized carbons (Fsp3) is 0.258. The van der Waals surface area contributed by atoms with Crippen molar-refractivity contribution in [2.45, 2.75) is 97.8 Å². The number of rotatable bonds is 14. The lowest BCUT2D eigenvalue weighted by Crippen LogP contribution is -2.28. The van der Waals surface area contributed by atoms with E-state index in [1.54, 1.807) is 4.90 Å². The molecule has 7 rings (SSSR count). The maximum Gasteiger partial charge on any atom is 0.202 e. The molecular formula is C62H66BNO4. The van der Waals surface area contributed by atoms with Gasteiger partial charge < -0.3 is 25.3 Å². The molecule has 5 nitrogen and oxygen atoms in total. The van der Waals surface area contributed by atoms with Crippen LogP contribution in [0.15, 0.2) is 175 Å². The van der Waals surface area contributed by atoms with E-state index in [0.29, 0.717) is 11.4 Å². The monoisotopic (exact) mass is 900 g/mol. The van der Waals surface area contributed by atoms with E-state index in [9.17, 15) is 20.4 Å². The summed E-state index contributed by atoms with van der Waals surface area (Å²) in [6, 6.07) is 43.9. The minimum absolute atomic E-state index is 0.0676. The van der Waals surface area contributed by atoms with Crippen LogP contribution in [-0.4, -0.2) is 28.3 Å². The summed E-state index contributed by atoms with van der Waals surface area (Å²) < 4.78 is 0. The zero-order chi connectivity index (χ0) is 49.2. The first-order valence-electron chi connectivity index (χ1n) is 23.6. The lowest BCUT2D eigenvalue weighted by molar-refractivity contribution is 0.365. The first-order valence-corrected chi connectivity index (χ1v) is 23.6. The summed E-state index contributed by atoms with van der Waals surface area (Å²) in [7, 11) is 6.20. The number of hydrogen-bond donors (Lipinski definition) is 4. The van der Waals surface area contributed by atoms with Crippen LogP contribution in [0.25, 0.3) is 11.6 Å². The summed E-state index contributed by atoms with van der Waals surface area (Å²) >= 11 is 0. The molecule has 2 radical (unpaired) electrons. The zero-order valence-electron chi connectivity index (χ0n) is 41.2. The number of aromatic hydroxyl groups is 4. The highest BCUT2D eigenvalue weighted by Gasteiger charge is 2.47. The van der Waals surface area contributed by atoms with Crippen molar-refractivity contribution in [1.82, 2.24) is 0 Å². The highest BCUT2D eigenvalue weighted by molar-refractivity contribution is 6.37. The van der Waals surface area contributed by atoms with E-state index in [2.05, 4.69) is 171 Å². The van der Waals surface area contributed by atoms with Crippen molar-refractivity contribution in [3.05, 3.63) is 214 Å². The average molecular weight is 900 g/mol. The Labute approximate surface area is 406 Å². The van der Waals surface area contributed by atoms with Gasteiger partial charge in [0.05, 0.1) is 0 Å². The fourth-order valence-electron chi connectivity index (χ4n) is 10.5. The topological polar surface area (TPSA) is 84.2 Å². The number of nitrogens with zero attached hydrogens (tertiary/aromatic N) is 1. The van der Waals surface area contributed by atoms with Crippen molar-refractivity contribution in [3.63, 3.8) is 0 Å². The van der Waals surface area contributed by atoms with E-state index in [4.69, 9.17) is 7.85 Å². The maximum absolute atomic E-state index is 11.6. The average Bonchev–Trinajstić information content (AvgIpc) is 3.55. The predicted molar refractivity (Wildman–Crippen MR) is 286 cm³/mol. The fourth-order valence-corrected chi connectivity index (χ4v) is 10.5. The molecule has 0 saturated heterocycles. The summed E-state index contributed by atoms with van der Waals surface area (Å²) in [5.74, 6) is -2.92. The van der Waals surface area contributed by atoms with E-state index in [-0.39, 0.29) is 27.3 Å². The molecule has 0 fully saturated rings. The quantitative estimate of drug-likeness (QED) is 0.0379. The number of phenols is 4. The van der Waals surface area contributed by atoms with E-state index >= 15 is 0 Å². The van der Waals surface area contributed by atoms with E-state index in [1.807, 2.05) is 61.5 Å². The van der Waals surface area contributed by atoms with Crippen LogP contribution in [0.2, 0.25) is 0 Å². The van der Waals surface area contributed by atoms with Gasteiger partial charge in [0.2, 0.25) is 5.75 Å². The molecule has 0 saturated carbocycles. The lowest BCUT2D eigenvalue weighted by Gasteiger charge is -2.35. The summed E-state index contributed by atoms with van der Waals surface area (Å²) in [5.41, 5.74) is 11.3. The molecule has 0 amide bonds. The molecule has 0 aromatic heterocycles. The molecule has 1 unspecified atom stereocenters. The number of hydrogen-bond acceptors (Lipinski definition) is 5. The number of allylic oxidation sites excluding steroid dienone is 8. The second kappa shape index (κ2) is 19.4. The summed E-state index contributed by atoms with van der Waals surface area (Å²) in [6.45, 7) is 24.4. The van der Waals surface area contributed by atoms with Gasteiger partial charge in [-0.25, -0.2) is 0 Å². The third-order valence-electron chi connectivity index (χ3n) is 14.2. The Morgan fingerprint density at radius 3 is 1.88 bits per heavy atom. The third-order valence-corrected chi connectivity index (χ3v) is 14.2. The molecule has 68 heavy (non-hydrogen) atoms. The van der Waals surface area contributed by atoms with Crippen LogP contribution in [0, 0.1) is 12.3 Å². The molecule has 0 heterocycles. The molecule has 1 atom stereocenters. The number of anilines is 3. The van der Waals surface area contributed by atoms with E-state index in [1.165, 1.54) is 33.4 Å². The van der Waals surface area contributed by atoms with Gasteiger partial charge in [-0.3, -0.25) is 0 Å². The van der Waals surface area contributed by atoms with Crippen molar-refractivity contribution in [2.24, 2.45) is 5.41 Å². The van der Waals surface area contributed by atoms with Gasteiger partial charge in [-0.1, -0.05) is 195 Å². The molecule has 0 bridgehead atoms. The van der Waals surface area contributed by atoms with Gasteiger partial charge in [-0.15, -0.1) is 0 Å². The zero-order valence-corrected chi connectivity index (χ0v) is 41.2. The van der Waals surface area contributed by atoms with Crippen molar-refractivity contribution in [3.8, 4) is 23.0 Å².